The summed E-state index contributed by atoms with van der Waals surface area (Å²) in [6, 6.07) is 8.53. The molecule has 1 saturated heterocycles. The normalized spacial score (nSPS) is 21.4. The maximum atomic E-state index is 3.55. The molecule has 2 unspecified atom stereocenters. The van der Waals surface area contributed by atoms with Crippen molar-refractivity contribution in [3.05, 3.63) is 36.0 Å². The van der Waals surface area contributed by atoms with E-state index in [0.29, 0.717) is 6.17 Å². The Balaban J connectivity index is 0.000000574. The van der Waals surface area contributed by atoms with Crippen LogP contribution in [-0.2, 0) is 0 Å². The number of hydrogen-bond acceptors (Lipinski definition) is 3. The van der Waals surface area contributed by atoms with Gasteiger partial charge in [0.1, 0.15) is 6.17 Å². The van der Waals surface area contributed by atoms with E-state index in [0.717, 1.165) is 19.6 Å². The van der Waals surface area contributed by atoms with Gasteiger partial charge in [0.2, 0.25) is 0 Å². The Labute approximate surface area is 112 Å². The van der Waals surface area contributed by atoms with E-state index in [2.05, 4.69) is 55.2 Å². The van der Waals surface area contributed by atoms with Crippen molar-refractivity contribution in [3.8, 4) is 0 Å². The van der Waals surface area contributed by atoms with Gasteiger partial charge >= 0.3 is 0 Å². The summed E-state index contributed by atoms with van der Waals surface area (Å²) >= 11 is 0. The summed E-state index contributed by atoms with van der Waals surface area (Å²) < 4.78 is 0. The molecule has 4 heteroatoms. The summed E-state index contributed by atoms with van der Waals surface area (Å²) in [5.74, 6) is 0. The fourth-order valence-corrected chi connectivity index (χ4v) is 2.55. The van der Waals surface area contributed by atoms with Crippen molar-refractivity contribution in [1.29, 1.82) is 0 Å². The number of hydrogen-bond donors (Lipinski definition) is 2. The Kier molecular flexibility index (Phi) is 4.62. The predicted molar refractivity (Wildman–Crippen MR) is 81.6 cm³/mol. The summed E-state index contributed by atoms with van der Waals surface area (Å²) in [6.45, 7) is 7.17. The number of fused-ring (bicyclic) bond motifs is 1. The third-order valence-electron chi connectivity index (χ3n) is 3.10. The fourth-order valence-electron chi connectivity index (χ4n) is 2.26. The van der Waals surface area contributed by atoms with E-state index in [9.17, 15) is 0 Å². The van der Waals surface area contributed by atoms with E-state index in [1.165, 1.54) is 16.6 Å². The maximum Gasteiger partial charge on any atom is 0.111 e. The van der Waals surface area contributed by atoms with Gasteiger partial charge in [-0.25, -0.2) is 0 Å². The van der Waals surface area contributed by atoms with Crippen LogP contribution in [0.25, 0.3) is 5.70 Å². The van der Waals surface area contributed by atoms with Crippen LogP contribution in [0.15, 0.2) is 30.5 Å². The average Bonchev–Trinajstić information content (AvgIpc) is 2.85. The average molecular weight is 263 g/mol. The summed E-state index contributed by atoms with van der Waals surface area (Å²) in [5.41, 5.74) is 2.50. The number of nitrogens with zero attached hydrogens (tertiary/aromatic N) is 1. The topological polar surface area (TPSA) is 27.3 Å². The minimum absolute atomic E-state index is 0.428. The van der Waals surface area contributed by atoms with Crippen molar-refractivity contribution in [2.45, 2.75) is 20.0 Å². The van der Waals surface area contributed by atoms with E-state index in [1.54, 1.807) is 0 Å². The van der Waals surface area contributed by atoms with Gasteiger partial charge in [0.05, 0.1) is 5.70 Å². The monoisotopic (exact) mass is 263 g/mol. The van der Waals surface area contributed by atoms with Crippen molar-refractivity contribution >= 4 is 20.2 Å². The van der Waals surface area contributed by atoms with Gasteiger partial charge in [0, 0.05) is 25.8 Å². The van der Waals surface area contributed by atoms with Crippen LogP contribution in [0.5, 0.6) is 0 Å². The Morgan fingerprint density at radius 3 is 2.89 bits per heavy atom. The number of benzene rings is 1. The third-order valence-corrected chi connectivity index (χ3v) is 3.46. The van der Waals surface area contributed by atoms with Crippen LogP contribution in [-0.4, -0.2) is 30.7 Å². The second-order valence-electron chi connectivity index (χ2n) is 4.27. The van der Waals surface area contributed by atoms with E-state index in [-0.39, 0.29) is 0 Å². The van der Waals surface area contributed by atoms with Crippen LogP contribution >= 0.6 is 9.24 Å². The highest BCUT2D eigenvalue weighted by atomic mass is 31.0. The highest BCUT2D eigenvalue weighted by molar-refractivity contribution is 7.27. The van der Waals surface area contributed by atoms with E-state index in [4.69, 9.17) is 0 Å². The van der Waals surface area contributed by atoms with Crippen molar-refractivity contribution in [2.75, 3.05) is 19.6 Å². The van der Waals surface area contributed by atoms with E-state index in [1.807, 2.05) is 13.8 Å². The van der Waals surface area contributed by atoms with Crippen molar-refractivity contribution in [2.24, 2.45) is 0 Å². The SMILES string of the molecule is CC.Pc1cccc(C2=CN3CCNCC3N2)c1. The zero-order valence-corrected chi connectivity index (χ0v) is 12.3. The zero-order chi connectivity index (χ0) is 13.0. The van der Waals surface area contributed by atoms with E-state index >= 15 is 0 Å². The molecule has 0 spiro atoms. The molecular weight excluding hydrogens is 241 g/mol. The lowest BCUT2D eigenvalue weighted by molar-refractivity contribution is 0.232. The first kappa shape index (κ1) is 13.4. The molecule has 0 radical (unpaired) electrons. The molecule has 1 aromatic carbocycles. The Morgan fingerprint density at radius 2 is 2.17 bits per heavy atom. The fraction of sp³-hybridized carbons (Fsp3) is 0.429. The molecular formula is C14H22N3P. The van der Waals surface area contributed by atoms with Crippen LogP contribution in [0.2, 0.25) is 0 Å². The molecule has 1 fully saturated rings. The molecule has 0 saturated carbocycles. The first-order chi connectivity index (χ1) is 8.83. The summed E-state index contributed by atoms with van der Waals surface area (Å²) in [7, 11) is 2.74. The van der Waals surface area contributed by atoms with Gasteiger partial charge in [-0.05, 0) is 16.9 Å². The van der Waals surface area contributed by atoms with Gasteiger partial charge in [-0.3, -0.25) is 0 Å². The second-order valence-corrected chi connectivity index (χ2v) is 4.94. The highest BCUT2D eigenvalue weighted by Gasteiger charge is 2.26. The highest BCUT2D eigenvalue weighted by Crippen LogP contribution is 2.20. The summed E-state index contributed by atoms with van der Waals surface area (Å²) in [4.78, 5) is 2.38. The van der Waals surface area contributed by atoms with Gasteiger partial charge in [0.25, 0.3) is 0 Å². The quantitative estimate of drug-likeness (QED) is 0.749. The molecule has 98 valence electrons. The Hall–Kier alpha value is -1.05. The molecule has 3 nitrogen and oxygen atoms in total. The van der Waals surface area contributed by atoms with Crippen molar-refractivity contribution < 1.29 is 0 Å². The Bertz CT molecular complexity index is 431. The summed E-state index contributed by atoms with van der Waals surface area (Å²) in [5, 5.41) is 8.17. The van der Waals surface area contributed by atoms with Crippen molar-refractivity contribution in [1.82, 2.24) is 15.5 Å². The molecule has 0 bridgehead atoms. The first-order valence-electron chi connectivity index (χ1n) is 6.64. The van der Waals surface area contributed by atoms with Gasteiger partial charge in [-0.1, -0.05) is 32.0 Å². The lowest BCUT2D eigenvalue weighted by Crippen LogP contribution is -2.51. The Morgan fingerprint density at radius 1 is 1.33 bits per heavy atom. The predicted octanol–water partition coefficient (Wildman–Crippen LogP) is 1.35. The van der Waals surface area contributed by atoms with Crippen LogP contribution in [0.4, 0.5) is 0 Å². The molecule has 2 aliphatic rings. The maximum absolute atomic E-state index is 3.55. The van der Waals surface area contributed by atoms with Crippen LogP contribution in [0.3, 0.4) is 0 Å². The molecule has 1 aromatic rings. The lowest BCUT2D eigenvalue weighted by atomic mass is 10.2. The molecule has 0 aromatic heterocycles. The van der Waals surface area contributed by atoms with Crippen LogP contribution < -0.4 is 15.9 Å². The second kappa shape index (κ2) is 6.21. The van der Waals surface area contributed by atoms with Gasteiger partial charge in [-0.15, -0.1) is 9.24 Å². The van der Waals surface area contributed by atoms with Crippen LogP contribution in [0, 0.1) is 0 Å². The lowest BCUT2D eigenvalue weighted by Gasteiger charge is -2.30. The summed E-state index contributed by atoms with van der Waals surface area (Å²) in [6.07, 6.45) is 2.67. The third kappa shape index (κ3) is 2.85. The van der Waals surface area contributed by atoms with E-state index < -0.39 is 0 Å². The smallest absolute Gasteiger partial charge is 0.111 e. The molecule has 2 N–H and O–H groups in total. The zero-order valence-electron chi connectivity index (χ0n) is 11.1. The first-order valence-corrected chi connectivity index (χ1v) is 7.21. The van der Waals surface area contributed by atoms with Gasteiger partial charge in [0.15, 0.2) is 0 Å². The number of piperazine rings is 1. The molecule has 2 atom stereocenters. The van der Waals surface area contributed by atoms with Crippen molar-refractivity contribution in [3.63, 3.8) is 0 Å². The number of nitrogens with one attached hydrogen (secondary N) is 2. The minimum Gasteiger partial charge on any atom is -0.362 e. The molecule has 2 heterocycles. The molecule has 0 aliphatic carbocycles. The minimum atomic E-state index is 0.428. The molecule has 3 rings (SSSR count). The standard InChI is InChI=1S/C12H16N3P.C2H6/c16-10-3-1-2-9(6-10)11-8-15-5-4-13-7-12(15)14-11;1-2/h1-3,6,8,12-14H,4-5,7,16H2;1-2H3. The molecule has 18 heavy (non-hydrogen) atoms. The molecule has 0 amide bonds. The number of rotatable bonds is 1. The van der Waals surface area contributed by atoms with Crippen LogP contribution in [0.1, 0.15) is 19.4 Å². The van der Waals surface area contributed by atoms with Gasteiger partial charge in [-0.2, -0.15) is 0 Å². The van der Waals surface area contributed by atoms with Gasteiger partial charge < -0.3 is 15.5 Å². The molecule has 2 aliphatic heterocycles. The largest absolute Gasteiger partial charge is 0.362 e.